The molecule has 106 valence electrons. The maximum atomic E-state index is 11.7. The molecule has 1 aliphatic rings. The van der Waals surface area contributed by atoms with Crippen LogP contribution in [0.4, 0.5) is 0 Å². The summed E-state index contributed by atoms with van der Waals surface area (Å²) in [7, 11) is -3.33. The van der Waals surface area contributed by atoms with Gasteiger partial charge in [0, 0.05) is 31.9 Å². The van der Waals surface area contributed by atoms with Crippen LogP contribution in [-0.4, -0.2) is 69.6 Å². The van der Waals surface area contributed by atoms with E-state index in [1.54, 1.807) is 0 Å². The van der Waals surface area contributed by atoms with Crippen LogP contribution < -0.4 is 5.32 Å². The molecule has 0 aromatic heterocycles. The van der Waals surface area contributed by atoms with Crippen molar-refractivity contribution in [3.05, 3.63) is 0 Å². The number of sulfone groups is 1. The lowest BCUT2D eigenvalue weighted by Gasteiger charge is -2.29. The molecule has 1 heterocycles. The molecule has 0 bridgehead atoms. The van der Waals surface area contributed by atoms with Crippen LogP contribution in [0.1, 0.15) is 13.8 Å². The van der Waals surface area contributed by atoms with Crippen molar-refractivity contribution in [3.63, 3.8) is 0 Å². The normalized spacial score (nSPS) is 21.3. The molecular weight excluding hydrogens is 256 g/mol. The molecule has 0 radical (unpaired) electrons. The number of rotatable bonds is 5. The summed E-state index contributed by atoms with van der Waals surface area (Å²) in [5, 5.41) is 1.74. The zero-order valence-electron chi connectivity index (χ0n) is 11.2. The molecule has 1 aliphatic heterocycles. The Morgan fingerprint density at radius 2 is 1.89 bits per heavy atom. The Hall–Kier alpha value is -0.660. The third-order valence-electron chi connectivity index (χ3n) is 3.04. The first kappa shape index (κ1) is 15.4. The van der Waals surface area contributed by atoms with Crippen LogP contribution in [-0.2, 0) is 19.4 Å². The van der Waals surface area contributed by atoms with Gasteiger partial charge in [-0.1, -0.05) is 0 Å². The first-order valence-electron chi connectivity index (χ1n) is 6.10. The minimum atomic E-state index is -3.33. The first-order chi connectivity index (χ1) is 8.30. The van der Waals surface area contributed by atoms with Crippen molar-refractivity contribution in [3.8, 4) is 0 Å². The van der Waals surface area contributed by atoms with Gasteiger partial charge in [-0.15, -0.1) is 0 Å². The van der Waals surface area contributed by atoms with Crippen molar-refractivity contribution in [1.82, 2.24) is 10.2 Å². The highest BCUT2D eigenvalue weighted by Gasteiger charge is 2.25. The molecule has 1 amide bonds. The van der Waals surface area contributed by atoms with Gasteiger partial charge in [0.15, 0.2) is 9.84 Å². The Labute approximate surface area is 109 Å². The van der Waals surface area contributed by atoms with Gasteiger partial charge in [0.25, 0.3) is 0 Å². The Morgan fingerprint density at radius 3 is 2.39 bits per heavy atom. The SMILES string of the molecule is C[C@@H](CN1CCOCC1)NC(=O)[C@H](C)S(C)(=O)=O. The highest BCUT2D eigenvalue weighted by Crippen LogP contribution is 2.01. The second-order valence-electron chi connectivity index (χ2n) is 4.79. The highest BCUT2D eigenvalue weighted by molar-refractivity contribution is 7.92. The largest absolute Gasteiger partial charge is 0.379 e. The second kappa shape index (κ2) is 6.49. The Morgan fingerprint density at radius 1 is 1.33 bits per heavy atom. The van der Waals surface area contributed by atoms with Gasteiger partial charge in [-0.3, -0.25) is 9.69 Å². The summed E-state index contributed by atoms with van der Waals surface area (Å²) in [6, 6.07) is -0.0696. The number of nitrogens with zero attached hydrogens (tertiary/aromatic N) is 1. The van der Waals surface area contributed by atoms with E-state index >= 15 is 0 Å². The summed E-state index contributed by atoms with van der Waals surface area (Å²) in [6.07, 6.45) is 1.07. The number of morpholine rings is 1. The van der Waals surface area contributed by atoms with E-state index in [-0.39, 0.29) is 6.04 Å². The quantitative estimate of drug-likeness (QED) is 0.716. The molecule has 7 heteroatoms. The Kier molecular flexibility index (Phi) is 5.55. The van der Waals surface area contributed by atoms with Crippen LogP contribution in [0.15, 0.2) is 0 Å². The van der Waals surface area contributed by atoms with E-state index in [0.717, 1.165) is 19.3 Å². The van der Waals surface area contributed by atoms with Gasteiger partial charge in [-0.2, -0.15) is 0 Å². The monoisotopic (exact) mass is 278 g/mol. The zero-order chi connectivity index (χ0) is 13.8. The molecule has 2 atom stereocenters. The summed E-state index contributed by atoms with van der Waals surface area (Å²) in [6.45, 7) is 7.12. The summed E-state index contributed by atoms with van der Waals surface area (Å²) in [5.74, 6) is -0.432. The van der Waals surface area contributed by atoms with E-state index < -0.39 is 21.0 Å². The molecule has 0 spiro atoms. The molecule has 0 unspecified atom stereocenters. The average molecular weight is 278 g/mol. The molecule has 18 heavy (non-hydrogen) atoms. The average Bonchev–Trinajstić information content (AvgIpc) is 2.27. The third kappa shape index (κ3) is 4.91. The van der Waals surface area contributed by atoms with Crippen LogP contribution in [0.25, 0.3) is 0 Å². The Balaban J connectivity index is 2.39. The van der Waals surface area contributed by atoms with Gasteiger partial charge in [0.2, 0.25) is 5.91 Å². The van der Waals surface area contributed by atoms with Crippen LogP contribution in [0.2, 0.25) is 0 Å². The summed E-state index contributed by atoms with van der Waals surface area (Å²) in [4.78, 5) is 13.9. The molecule has 0 aromatic rings. The minimum absolute atomic E-state index is 0.0696. The fourth-order valence-corrected chi connectivity index (χ4v) is 2.23. The molecule has 1 fully saturated rings. The molecule has 0 aromatic carbocycles. The van der Waals surface area contributed by atoms with Gasteiger partial charge in [0.1, 0.15) is 5.25 Å². The number of hydrogen-bond acceptors (Lipinski definition) is 5. The fraction of sp³-hybridized carbons (Fsp3) is 0.909. The molecule has 0 aliphatic carbocycles. The first-order valence-corrected chi connectivity index (χ1v) is 8.05. The lowest BCUT2D eigenvalue weighted by Crippen LogP contribution is -2.48. The van der Waals surface area contributed by atoms with E-state index in [9.17, 15) is 13.2 Å². The molecule has 1 rings (SSSR count). The topological polar surface area (TPSA) is 75.7 Å². The number of amides is 1. The molecule has 6 nitrogen and oxygen atoms in total. The van der Waals surface area contributed by atoms with E-state index in [0.29, 0.717) is 19.8 Å². The van der Waals surface area contributed by atoms with Crippen molar-refractivity contribution >= 4 is 15.7 Å². The lowest BCUT2D eigenvalue weighted by atomic mass is 10.2. The van der Waals surface area contributed by atoms with Gasteiger partial charge in [-0.25, -0.2) is 8.42 Å². The predicted molar refractivity (Wildman–Crippen MR) is 69.2 cm³/mol. The van der Waals surface area contributed by atoms with E-state index in [1.165, 1.54) is 6.92 Å². The number of nitrogens with one attached hydrogen (secondary N) is 1. The maximum Gasteiger partial charge on any atom is 0.238 e. The Bertz CT molecular complexity index is 377. The third-order valence-corrected chi connectivity index (χ3v) is 4.53. The van der Waals surface area contributed by atoms with Crippen LogP contribution in [0.3, 0.4) is 0 Å². The standard InChI is InChI=1S/C11H22N2O4S/c1-9(8-13-4-6-17-7-5-13)12-11(14)10(2)18(3,15)16/h9-10H,4-8H2,1-3H3,(H,12,14)/t9-,10-/m0/s1. The summed E-state index contributed by atoms with van der Waals surface area (Å²) in [5.41, 5.74) is 0. The molecule has 1 N–H and O–H groups in total. The lowest BCUT2D eigenvalue weighted by molar-refractivity contribution is -0.121. The van der Waals surface area contributed by atoms with Crippen molar-refractivity contribution < 1.29 is 17.9 Å². The van der Waals surface area contributed by atoms with E-state index in [2.05, 4.69) is 10.2 Å². The zero-order valence-corrected chi connectivity index (χ0v) is 12.0. The predicted octanol–water partition coefficient (Wildman–Crippen LogP) is -0.744. The van der Waals surface area contributed by atoms with Crippen molar-refractivity contribution in [1.29, 1.82) is 0 Å². The van der Waals surface area contributed by atoms with Crippen molar-refractivity contribution in [2.45, 2.75) is 25.1 Å². The van der Waals surface area contributed by atoms with Crippen molar-refractivity contribution in [2.24, 2.45) is 0 Å². The number of carbonyl (C=O) groups is 1. The number of ether oxygens (including phenoxy) is 1. The summed E-state index contributed by atoms with van der Waals surface area (Å²) < 4.78 is 27.7. The van der Waals surface area contributed by atoms with Gasteiger partial charge < -0.3 is 10.1 Å². The molecule has 1 saturated heterocycles. The summed E-state index contributed by atoms with van der Waals surface area (Å²) >= 11 is 0. The van der Waals surface area contributed by atoms with Crippen LogP contribution in [0.5, 0.6) is 0 Å². The van der Waals surface area contributed by atoms with E-state index in [1.807, 2.05) is 6.92 Å². The van der Waals surface area contributed by atoms with Crippen LogP contribution >= 0.6 is 0 Å². The highest BCUT2D eigenvalue weighted by atomic mass is 32.2. The fourth-order valence-electron chi connectivity index (χ4n) is 1.77. The number of carbonyl (C=O) groups excluding carboxylic acids is 1. The smallest absolute Gasteiger partial charge is 0.238 e. The second-order valence-corrected chi connectivity index (χ2v) is 7.16. The van der Waals surface area contributed by atoms with Gasteiger partial charge in [0.05, 0.1) is 13.2 Å². The van der Waals surface area contributed by atoms with Gasteiger partial charge in [-0.05, 0) is 13.8 Å². The molecule has 0 saturated carbocycles. The maximum absolute atomic E-state index is 11.7. The van der Waals surface area contributed by atoms with E-state index in [4.69, 9.17) is 4.74 Å². The minimum Gasteiger partial charge on any atom is -0.379 e. The van der Waals surface area contributed by atoms with Gasteiger partial charge >= 0.3 is 0 Å². The van der Waals surface area contributed by atoms with Crippen molar-refractivity contribution in [2.75, 3.05) is 39.1 Å². The van der Waals surface area contributed by atoms with Crippen LogP contribution in [0, 0.1) is 0 Å². The molecular formula is C11H22N2O4S. The number of hydrogen-bond donors (Lipinski definition) is 1.